The molecule has 3 aliphatic heterocycles. The summed E-state index contributed by atoms with van der Waals surface area (Å²) in [5, 5.41) is 6.03. The number of sulfone groups is 1. The third-order valence-electron chi connectivity index (χ3n) is 11.8. The molecule has 2 saturated heterocycles. The second kappa shape index (κ2) is 12.5. The predicted molar refractivity (Wildman–Crippen MR) is 179 cm³/mol. The van der Waals surface area contributed by atoms with Crippen LogP contribution in [0.1, 0.15) is 63.0 Å². The van der Waals surface area contributed by atoms with E-state index in [9.17, 15) is 13.2 Å². The van der Waals surface area contributed by atoms with Crippen LogP contribution in [0.2, 0.25) is 0 Å². The number of rotatable bonds is 9. The molecule has 0 spiro atoms. The van der Waals surface area contributed by atoms with E-state index in [4.69, 9.17) is 0 Å². The molecule has 2 N–H and O–H groups in total. The number of carbonyl (C=O) groups is 1. The summed E-state index contributed by atoms with van der Waals surface area (Å²) in [4.78, 5) is 20.8. The first-order valence-corrected chi connectivity index (χ1v) is 19.0. The Bertz CT molecular complexity index is 1460. The van der Waals surface area contributed by atoms with Gasteiger partial charge in [0.05, 0.1) is 10.1 Å². The number of urea groups is 1. The number of fused-ring (bicyclic) bond motifs is 1. The summed E-state index contributed by atoms with van der Waals surface area (Å²) in [5.74, 6) is 1.67. The van der Waals surface area contributed by atoms with Gasteiger partial charge in [-0.1, -0.05) is 37.6 Å². The van der Waals surface area contributed by atoms with Crippen LogP contribution in [0.3, 0.4) is 0 Å². The zero-order valence-corrected chi connectivity index (χ0v) is 27.9. The Kier molecular flexibility index (Phi) is 8.63. The lowest BCUT2D eigenvalue weighted by Crippen LogP contribution is -2.60. The van der Waals surface area contributed by atoms with Crippen molar-refractivity contribution in [3.8, 4) is 0 Å². The molecule has 3 heterocycles. The predicted octanol–water partition coefficient (Wildman–Crippen LogP) is 4.64. The number of likely N-dealkylation sites (tertiary alicyclic amines) is 1. The first-order chi connectivity index (χ1) is 21.8. The molecule has 0 bridgehead atoms. The maximum Gasteiger partial charge on any atom is 0.314 e. The van der Waals surface area contributed by atoms with Gasteiger partial charge in [-0.05, 0) is 105 Å². The van der Waals surface area contributed by atoms with Crippen molar-refractivity contribution >= 4 is 21.6 Å². The Labute approximate surface area is 269 Å². The molecule has 2 aromatic carbocycles. The SMILES string of the molecule is CCN1Cc2ccccc2C(C2CCN(CC3CN(c4ccc(S(=O)(=O)C5CC5)cc4)C3)CC2)([C@H]2CCC[C@@H]2NC(=O)NC)C1. The van der Waals surface area contributed by atoms with Gasteiger partial charge in [-0.25, -0.2) is 13.2 Å². The summed E-state index contributed by atoms with van der Waals surface area (Å²) in [6.45, 7) is 10.9. The van der Waals surface area contributed by atoms with Crippen molar-refractivity contribution in [2.24, 2.45) is 17.8 Å². The zero-order valence-electron chi connectivity index (χ0n) is 27.1. The normalized spacial score (nSPS) is 28.4. The van der Waals surface area contributed by atoms with Crippen LogP contribution in [0, 0.1) is 17.8 Å². The molecule has 2 aromatic rings. The first-order valence-electron chi connectivity index (χ1n) is 17.4. The molecule has 3 atom stereocenters. The Morgan fingerprint density at radius 2 is 1.67 bits per heavy atom. The van der Waals surface area contributed by atoms with Gasteiger partial charge in [0, 0.05) is 62.8 Å². The van der Waals surface area contributed by atoms with Gasteiger partial charge >= 0.3 is 6.03 Å². The fourth-order valence-corrected chi connectivity index (χ4v) is 11.0. The van der Waals surface area contributed by atoms with E-state index in [2.05, 4.69) is 56.5 Å². The largest absolute Gasteiger partial charge is 0.371 e. The molecule has 4 fully saturated rings. The maximum absolute atomic E-state index is 12.6. The van der Waals surface area contributed by atoms with Crippen molar-refractivity contribution in [1.82, 2.24) is 20.4 Å². The van der Waals surface area contributed by atoms with E-state index in [1.807, 2.05) is 12.1 Å². The Balaban J connectivity index is 1.02. The van der Waals surface area contributed by atoms with Crippen LogP contribution in [0.5, 0.6) is 0 Å². The fourth-order valence-electron chi connectivity index (χ4n) is 9.36. The summed E-state index contributed by atoms with van der Waals surface area (Å²) in [7, 11) is -1.41. The average molecular weight is 634 g/mol. The number of amides is 2. The molecule has 45 heavy (non-hydrogen) atoms. The van der Waals surface area contributed by atoms with E-state index < -0.39 is 9.84 Å². The molecule has 5 aliphatic rings. The number of nitrogens with one attached hydrogen (secondary N) is 2. The van der Waals surface area contributed by atoms with Crippen LogP contribution in [0.25, 0.3) is 0 Å². The maximum atomic E-state index is 12.6. The molecule has 1 unspecified atom stereocenters. The second-order valence-corrected chi connectivity index (χ2v) is 16.7. The van der Waals surface area contributed by atoms with Gasteiger partial charge < -0.3 is 20.4 Å². The Hall–Kier alpha value is -2.62. The summed E-state index contributed by atoms with van der Waals surface area (Å²) in [6, 6.07) is 17.0. The van der Waals surface area contributed by atoms with Crippen LogP contribution in [0.15, 0.2) is 53.4 Å². The van der Waals surface area contributed by atoms with E-state index >= 15 is 0 Å². The highest BCUT2D eigenvalue weighted by Crippen LogP contribution is 2.53. The van der Waals surface area contributed by atoms with Crippen molar-refractivity contribution in [3.63, 3.8) is 0 Å². The summed E-state index contributed by atoms with van der Waals surface area (Å²) in [5.41, 5.74) is 4.21. The van der Waals surface area contributed by atoms with Crippen molar-refractivity contribution in [3.05, 3.63) is 59.7 Å². The molecule has 2 amide bonds. The van der Waals surface area contributed by atoms with Gasteiger partial charge in [-0.3, -0.25) is 4.90 Å². The number of carbonyl (C=O) groups excluding carboxylic acids is 1. The standard InChI is InChI=1S/C36H51N5O3S/c1-3-39-24-27-7-4-5-8-32(27)36(25-39,33-9-6-10-34(33)38-35(42)37-2)28-17-19-40(20-18-28)21-26-22-41(23-26)29-11-13-30(14-12-29)45(43,44)31-15-16-31/h4-5,7-8,11-14,26,28,31,33-34H,3,6,9-10,15-25H2,1-2H3,(H2,37,38,42)/t33-,34-,36?/m0/s1. The minimum absolute atomic E-state index is 0.0472. The molecule has 0 aromatic heterocycles. The second-order valence-electron chi connectivity index (χ2n) is 14.5. The first kappa shape index (κ1) is 31.0. The summed E-state index contributed by atoms with van der Waals surface area (Å²) < 4.78 is 25.1. The van der Waals surface area contributed by atoms with Crippen LogP contribution >= 0.6 is 0 Å². The molecule has 0 radical (unpaired) electrons. The topological polar surface area (TPSA) is 85.0 Å². The van der Waals surface area contributed by atoms with Gasteiger partial charge in [-0.15, -0.1) is 0 Å². The Morgan fingerprint density at radius 3 is 2.36 bits per heavy atom. The van der Waals surface area contributed by atoms with Gasteiger partial charge in [0.25, 0.3) is 0 Å². The zero-order chi connectivity index (χ0) is 31.2. The minimum atomic E-state index is -3.13. The van der Waals surface area contributed by atoms with Crippen molar-refractivity contribution in [2.75, 3.05) is 57.8 Å². The lowest BCUT2D eigenvalue weighted by molar-refractivity contribution is 0.0288. The number of anilines is 1. The highest BCUT2D eigenvalue weighted by Gasteiger charge is 2.54. The van der Waals surface area contributed by atoms with Crippen molar-refractivity contribution in [2.45, 2.75) is 80.0 Å². The molecule has 8 nitrogen and oxygen atoms in total. The summed E-state index contributed by atoms with van der Waals surface area (Å²) in [6.07, 6.45) is 7.40. The van der Waals surface area contributed by atoms with Gasteiger partial charge in [0.15, 0.2) is 9.84 Å². The number of hydrogen-bond donors (Lipinski definition) is 2. The number of hydrogen-bond acceptors (Lipinski definition) is 6. The Morgan fingerprint density at radius 1 is 0.933 bits per heavy atom. The third kappa shape index (κ3) is 5.89. The quantitative estimate of drug-likeness (QED) is 0.419. The smallest absolute Gasteiger partial charge is 0.314 e. The van der Waals surface area contributed by atoms with Crippen molar-refractivity contribution < 1.29 is 13.2 Å². The van der Waals surface area contributed by atoms with E-state index in [-0.39, 0.29) is 22.7 Å². The summed E-state index contributed by atoms with van der Waals surface area (Å²) >= 11 is 0. The molecular formula is C36H51N5O3S. The molecule has 9 heteroatoms. The number of benzene rings is 2. The van der Waals surface area contributed by atoms with Crippen LogP contribution in [-0.4, -0.2) is 88.4 Å². The van der Waals surface area contributed by atoms with Crippen molar-refractivity contribution in [1.29, 1.82) is 0 Å². The van der Waals surface area contributed by atoms with E-state index in [0.717, 1.165) is 77.3 Å². The molecular weight excluding hydrogens is 582 g/mol. The molecule has 2 aliphatic carbocycles. The highest BCUT2D eigenvalue weighted by atomic mass is 32.2. The van der Waals surface area contributed by atoms with E-state index in [1.165, 1.54) is 31.2 Å². The number of likely N-dealkylation sites (N-methyl/N-ethyl adjacent to an activating group) is 1. The van der Waals surface area contributed by atoms with E-state index in [0.29, 0.717) is 22.6 Å². The lowest BCUT2D eigenvalue weighted by atomic mass is 9.56. The molecule has 7 rings (SSSR count). The van der Waals surface area contributed by atoms with Crippen LogP contribution in [-0.2, 0) is 21.8 Å². The van der Waals surface area contributed by atoms with Gasteiger partial charge in [0.1, 0.15) is 0 Å². The van der Waals surface area contributed by atoms with E-state index in [1.54, 1.807) is 24.7 Å². The number of piperidine rings is 1. The molecule has 244 valence electrons. The minimum Gasteiger partial charge on any atom is -0.371 e. The van der Waals surface area contributed by atoms with Crippen LogP contribution < -0.4 is 15.5 Å². The lowest BCUT2D eigenvalue weighted by Gasteiger charge is -2.55. The average Bonchev–Trinajstić information content (AvgIpc) is 3.82. The third-order valence-corrected chi connectivity index (χ3v) is 14.1. The van der Waals surface area contributed by atoms with Gasteiger partial charge in [-0.2, -0.15) is 0 Å². The highest BCUT2D eigenvalue weighted by molar-refractivity contribution is 7.92. The van der Waals surface area contributed by atoms with Crippen LogP contribution in [0.4, 0.5) is 10.5 Å². The van der Waals surface area contributed by atoms with Gasteiger partial charge in [0.2, 0.25) is 0 Å². The molecule has 2 saturated carbocycles. The fraction of sp³-hybridized carbons (Fsp3) is 0.639. The number of nitrogens with zero attached hydrogens (tertiary/aromatic N) is 3. The monoisotopic (exact) mass is 633 g/mol.